The first-order chi connectivity index (χ1) is 4.15. The van der Waals surface area contributed by atoms with Crippen molar-refractivity contribution in [3.05, 3.63) is 12.7 Å². The van der Waals surface area contributed by atoms with Crippen LogP contribution in [0.3, 0.4) is 0 Å². The summed E-state index contributed by atoms with van der Waals surface area (Å²) in [5.74, 6) is 0. The van der Waals surface area contributed by atoms with Crippen molar-refractivity contribution in [2.75, 3.05) is 6.54 Å². The van der Waals surface area contributed by atoms with E-state index in [1.165, 1.54) is 0 Å². The van der Waals surface area contributed by atoms with Crippen molar-refractivity contribution in [3.63, 3.8) is 0 Å². The average Bonchev–Trinajstić information content (AvgIpc) is 1.59. The zero-order valence-electron chi connectivity index (χ0n) is 5.54. The molecule has 0 unspecified atom stereocenters. The second-order valence-electron chi connectivity index (χ2n) is 1.16. The average molecular weight is 258 g/mol. The molecule has 0 aromatic carbocycles. The van der Waals surface area contributed by atoms with Gasteiger partial charge in [-0.25, -0.2) is 0 Å². The van der Waals surface area contributed by atoms with Gasteiger partial charge in [-0.1, -0.05) is 6.08 Å². The van der Waals surface area contributed by atoms with E-state index in [2.05, 4.69) is 6.58 Å². The van der Waals surface area contributed by atoms with E-state index in [-0.39, 0.29) is 5.48 Å². The summed E-state index contributed by atoms with van der Waals surface area (Å²) < 4.78 is 40.7. The van der Waals surface area contributed by atoms with Crippen LogP contribution in [-0.2, 0) is 24.9 Å². The van der Waals surface area contributed by atoms with Crippen LogP contribution in [0.25, 0.3) is 0 Å². The molecule has 0 fully saturated rings. The minimum absolute atomic E-state index is 0. The van der Waals surface area contributed by atoms with Gasteiger partial charge in [0.05, 0.1) is 0 Å². The number of rotatable bonds is 1. The molecule has 0 saturated carbocycles. The fourth-order valence-corrected chi connectivity index (χ4v) is 0. The maximum absolute atomic E-state index is 8.86. The maximum atomic E-state index is 8.86. The van der Waals surface area contributed by atoms with Crippen molar-refractivity contribution in [1.82, 2.24) is 0 Å². The quantitative estimate of drug-likeness (QED) is 0.360. The van der Waals surface area contributed by atoms with E-state index in [9.17, 15) is 0 Å². The molecule has 0 aromatic heterocycles. The summed E-state index contributed by atoms with van der Waals surface area (Å²) in [6.07, 6.45) is 1.65. The Morgan fingerprint density at radius 2 is 1.45 bits per heavy atom. The van der Waals surface area contributed by atoms with Gasteiger partial charge >= 0.3 is 32.8 Å². The summed E-state index contributed by atoms with van der Waals surface area (Å²) >= 11 is -7.22. The fraction of sp³-hybridized carbons (Fsp3) is 0.333. The van der Waals surface area contributed by atoms with Crippen molar-refractivity contribution in [2.24, 2.45) is 5.73 Å². The Hall–Kier alpha value is -0.397. The van der Waals surface area contributed by atoms with Gasteiger partial charge in [0.1, 0.15) is 0 Å². The van der Waals surface area contributed by atoms with Gasteiger partial charge in [0.2, 0.25) is 0 Å². The molecular weight excluding hydrogens is 247 g/mol. The van der Waals surface area contributed by atoms with Crippen molar-refractivity contribution in [3.8, 4) is 0 Å². The predicted molar refractivity (Wildman–Crippen MR) is 29.4 cm³/mol. The van der Waals surface area contributed by atoms with Crippen LogP contribution >= 0.6 is 0 Å². The first kappa shape index (κ1) is 16.9. The third-order valence-corrected chi connectivity index (χ3v) is 0.167. The van der Waals surface area contributed by atoms with E-state index in [4.69, 9.17) is 24.3 Å². The van der Waals surface area contributed by atoms with Crippen LogP contribution in [0.5, 0.6) is 0 Å². The molecular formula is C3H11NO6Ru. The van der Waals surface area contributed by atoms with Crippen LogP contribution in [-0.4, -0.2) is 19.9 Å². The van der Waals surface area contributed by atoms with Crippen molar-refractivity contribution in [2.45, 2.75) is 0 Å². The molecule has 0 saturated heterocycles. The molecule has 7 nitrogen and oxygen atoms in total. The van der Waals surface area contributed by atoms with Gasteiger partial charge in [0.15, 0.2) is 0 Å². The molecule has 0 spiro atoms. The van der Waals surface area contributed by atoms with Crippen LogP contribution in [0.4, 0.5) is 0 Å². The summed E-state index contributed by atoms with van der Waals surface area (Å²) in [6, 6.07) is 0. The molecule has 0 aliphatic heterocycles. The molecule has 0 radical (unpaired) electrons. The van der Waals surface area contributed by atoms with Crippen LogP contribution in [0.15, 0.2) is 12.7 Å². The number of nitrogens with two attached hydrogens (primary N) is 1. The minimum atomic E-state index is -7.22. The van der Waals surface area contributed by atoms with Crippen LogP contribution < -0.4 is 5.73 Å². The van der Waals surface area contributed by atoms with Crippen LogP contribution in [0.2, 0.25) is 0 Å². The van der Waals surface area contributed by atoms with Gasteiger partial charge < -0.3 is 11.2 Å². The van der Waals surface area contributed by atoms with Gasteiger partial charge in [0.25, 0.3) is 0 Å². The zero-order valence-corrected chi connectivity index (χ0v) is 7.28. The summed E-state index contributed by atoms with van der Waals surface area (Å²) in [4.78, 5) is 0. The number of hydrogen-bond acceptors (Lipinski definition) is 4. The van der Waals surface area contributed by atoms with Crippen molar-refractivity contribution >= 4 is 0 Å². The third kappa shape index (κ3) is 1520. The van der Waals surface area contributed by atoms with Gasteiger partial charge in [-0.15, -0.1) is 6.58 Å². The van der Waals surface area contributed by atoms with Crippen molar-refractivity contribution < 1.29 is 38.2 Å². The fourth-order valence-electron chi connectivity index (χ4n) is 0. The molecule has 0 amide bonds. The van der Waals surface area contributed by atoms with E-state index in [1.54, 1.807) is 6.08 Å². The monoisotopic (exact) mass is 259 g/mol. The number of hydrogen-bond donors (Lipinski definition) is 3. The van der Waals surface area contributed by atoms with Gasteiger partial charge in [-0.05, 0) is 0 Å². The molecule has 11 heavy (non-hydrogen) atoms. The molecule has 0 aliphatic carbocycles. The molecule has 0 aromatic rings. The Labute approximate surface area is 63.8 Å². The van der Waals surface area contributed by atoms with Crippen molar-refractivity contribution in [1.29, 1.82) is 0 Å². The Morgan fingerprint density at radius 1 is 1.36 bits per heavy atom. The van der Waals surface area contributed by atoms with E-state index in [0.29, 0.717) is 6.54 Å². The molecule has 8 heteroatoms. The normalized spacial score (nSPS) is 12.5. The molecule has 0 atom stereocenters. The van der Waals surface area contributed by atoms with Gasteiger partial charge in [-0.2, -0.15) is 0 Å². The molecule has 0 bridgehead atoms. The van der Waals surface area contributed by atoms with E-state index in [1.807, 2.05) is 0 Å². The summed E-state index contributed by atoms with van der Waals surface area (Å²) in [5, 5.41) is 0. The summed E-state index contributed by atoms with van der Waals surface area (Å²) in [7, 11) is 0. The predicted octanol–water partition coefficient (Wildman–Crippen LogP) is -2.17. The SMILES string of the molecule is C=CCN.O.[O]=[Ru](=[O])(=[O])([OH])[OH]. The second kappa shape index (κ2) is 5.28. The molecule has 0 rings (SSSR count). The van der Waals surface area contributed by atoms with E-state index in [0.717, 1.165) is 0 Å². The van der Waals surface area contributed by atoms with Crippen LogP contribution in [0.1, 0.15) is 0 Å². The summed E-state index contributed by atoms with van der Waals surface area (Å²) in [5.41, 5.74) is 4.91. The Balaban J connectivity index is -0.000000114. The third-order valence-electron chi connectivity index (χ3n) is 0.167. The molecule has 72 valence electrons. The second-order valence-corrected chi connectivity index (χ2v) is 4.28. The Kier molecular flexibility index (Phi) is 8.12. The zero-order chi connectivity index (χ0) is 8.86. The van der Waals surface area contributed by atoms with E-state index < -0.39 is 14.2 Å². The van der Waals surface area contributed by atoms with Crippen LogP contribution in [0, 0.1) is 0 Å². The Bertz CT molecular complexity index is 245. The summed E-state index contributed by atoms with van der Waals surface area (Å²) in [6.45, 7) is 3.94. The first-order valence-electron chi connectivity index (χ1n) is 1.97. The van der Waals surface area contributed by atoms with E-state index >= 15 is 0 Å². The Morgan fingerprint density at radius 3 is 1.45 bits per heavy atom. The molecule has 0 aliphatic rings. The topological polar surface area (TPSA) is 149 Å². The molecule has 6 N–H and O–H groups in total. The first-order valence-corrected chi connectivity index (χ1v) is 5.66. The standard InChI is InChI=1S/C3H7N.3H2O.3O.Ru/c1-2-3-4;;;;;;;/h2H,1,3-4H2;3*1H2;;;;/q;;;;;;;+2/p-2. The molecule has 0 heterocycles. The van der Waals surface area contributed by atoms with Gasteiger partial charge in [0, 0.05) is 6.54 Å². The van der Waals surface area contributed by atoms with Gasteiger partial charge in [-0.3, -0.25) is 0 Å².